The van der Waals surface area contributed by atoms with Crippen LogP contribution in [0.2, 0.25) is 0 Å². The molecule has 0 aliphatic carbocycles. The Morgan fingerprint density at radius 1 is 1.37 bits per heavy atom. The average molecular weight is 264 g/mol. The zero-order valence-corrected chi connectivity index (χ0v) is 11.7. The van der Waals surface area contributed by atoms with Crippen molar-refractivity contribution < 1.29 is 9.18 Å². The summed E-state index contributed by atoms with van der Waals surface area (Å²) in [4.78, 5) is 14.2. The maximum atomic E-state index is 12.9. The van der Waals surface area contributed by atoms with Gasteiger partial charge in [-0.15, -0.1) is 0 Å². The summed E-state index contributed by atoms with van der Waals surface area (Å²) >= 11 is 0. The fraction of sp³-hybridized carbons (Fsp3) is 0.533. The molecule has 0 radical (unpaired) electrons. The number of rotatable bonds is 3. The van der Waals surface area contributed by atoms with Crippen molar-refractivity contribution in [2.75, 3.05) is 20.1 Å². The van der Waals surface area contributed by atoms with Gasteiger partial charge in [0.1, 0.15) is 5.82 Å². The second-order valence-corrected chi connectivity index (χ2v) is 5.42. The van der Waals surface area contributed by atoms with E-state index in [1.807, 2.05) is 14.0 Å². The number of amides is 1. The molecule has 1 heterocycles. The maximum absolute atomic E-state index is 12.9. The molecule has 19 heavy (non-hydrogen) atoms. The molecular weight excluding hydrogens is 243 g/mol. The second-order valence-electron chi connectivity index (χ2n) is 5.42. The van der Waals surface area contributed by atoms with Crippen LogP contribution in [0.15, 0.2) is 24.3 Å². The highest BCUT2D eigenvalue weighted by Gasteiger charge is 2.33. The van der Waals surface area contributed by atoms with E-state index < -0.39 is 0 Å². The molecule has 4 heteroatoms. The Morgan fingerprint density at radius 2 is 2.00 bits per heavy atom. The normalized spacial score (nSPS) is 24.2. The van der Waals surface area contributed by atoms with Gasteiger partial charge in [-0.1, -0.05) is 19.1 Å². The minimum Gasteiger partial charge on any atom is -0.339 e. The van der Waals surface area contributed by atoms with Crippen molar-refractivity contribution in [3.8, 4) is 0 Å². The summed E-state index contributed by atoms with van der Waals surface area (Å²) < 4.78 is 12.9. The van der Waals surface area contributed by atoms with Crippen LogP contribution in [0.25, 0.3) is 0 Å². The van der Waals surface area contributed by atoms with Crippen molar-refractivity contribution in [3.63, 3.8) is 0 Å². The number of nitrogens with zero attached hydrogens (tertiary/aromatic N) is 1. The van der Waals surface area contributed by atoms with Gasteiger partial charge < -0.3 is 10.2 Å². The lowest BCUT2D eigenvalue weighted by Crippen LogP contribution is -2.37. The Kier molecular flexibility index (Phi) is 4.20. The number of benzene rings is 1. The van der Waals surface area contributed by atoms with Crippen LogP contribution in [0.5, 0.6) is 0 Å². The van der Waals surface area contributed by atoms with Crippen LogP contribution in [-0.4, -0.2) is 30.9 Å². The quantitative estimate of drug-likeness (QED) is 0.907. The smallest absolute Gasteiger partial charge is 0.227 e. The fourth-order valence-corrected chi connectivity index (χ4v) is 2.56. The predicted octanol–water partition coefficient (Wildman–Crippen LogP) is 2.20. The van der Waals surface area contributed by atoms with E-state index in [-0.39, 0.29) is 23.7 Å². The number of carbonyl (C=O) groups excluding carboxylic acids is 1. The molecule has 3 atom stereocenters. The third-order valence-electron chi connectivity index (χ3n) is 4.12. The van der Waals surface area contributed by atoms with Crippen LogP contribution < -0.4 is 5.32 Å². The zero-order chi connectivity index (χ0) is 14.0. The topological polar surface area (TPSA) is 32.3 Å². The zero-order valence-electron chi connectivity index (χ0n) is 11.7. The Bertz CT molecular complexity index is 446. The molecule has 0 aromatic heterocycles. The molecule has 1 aromatic carbocycles. The summed E-state index contributed by atoms with van der Waals surface area (Å²) in [5.41, 5.74) is 0.954. The molecule has 1 saturated heterocycles. The average Bonchev–Trinajstić information content (AvgIpc) is 2.83. The highest BCUT2D eigenvalue weighted by molar-refractivity contribution is 5.80. The lowest BCUT2D eigenvalue weighted by Gasteiger charge is -2.29. The first kappa shape index (κ1) is 14.0. The summed E-state index contributed by atoms with van der Waals surface area (Å²) in [5.74, 6) is 0.330. The van der Waals surface area contributed by atoms with E-state index in [1.54, 1.807) is 17.0 Å². The van der Waals surface area contributed by atoms with Crippen molar-refractivity contribution in [3.05, 3.63) is 35.6 Å². The number of carbonyl (C=O) groups is 1. The summed E-state index contributed by atoms with van der Waals surface area (Å²) in [6.45, 7) is 5.72. The minimum atomic E-state index is -0.251. The van der Waals surface area contributed by atoms with Gasteiger partial charge in [-0.05, 0) is 37.1 Å². The molecule has 1 fully saturated rings. The number of nitrogens with one attached hydrogen (secondary N) is 1. The molecule has 1 N–H and O–H groups in total. The third-order valence-corrected chi connectivity index (χ3v) is 4.12. The molecular formula is C15H21FN2O. The van der Waals surface area contributed by atoms with E-state index in [1.165, 1.54) is 12.1 Å². The Hall–Kier alpha value is -1.42. The summed E-state index contributed by atoms with van der Waals surface area (Å²) in [7, 11) is 1.82. The Labute approximate surface area is 113 Å². The number of hydrogen-bond donors (Lipinski definition) is 1. The first-order valence-corrected chi connectivity index (χ1v) is 6.73. The van der Waals surface area contributed by atoms with Crippen molar-refractivity contribution in [2.45, 2.75) is 19.9 Å². The van der Waals surface area contributed by atoms with Crippen molar-refractivity contribution in [2.24, 2.45) is 11.8 Å². The van der Waals surface area contributed by atoms with Crippen LogP contribution in [0.1, 0.15) is 25.5 Å². The first-order chi connectivity index (χ1) is 9.00. The van der Waals surface area contributed by atoms with E-state index in [0.717, 1.165) is 18.7 Å². The molecule has 1 amide bonds. The monoisotopic (exact) mass is 264 g/mol. The van der Waals surface area contributed by atoms with Gasteiger partial charge >= 0.3 is 0 Å². The Morgan fingerprint density at radius 3 is 2.53 bits per heavy atom. The molecule has 104 valence electrons. The SMILES string of the molecule is CC1CNCC1C(=O)N(C)C(C)c1ccc(F)cc1. The van der Waals surface area contributed by atoms with Crippen molar-refractivity contribution in [1.29, 1.82) is 0 Å². The van der Waals surface area contributed by atoms with Gasteiger partial charge in [0.15, 0.2) is 0 Å². The molecule has 1 aliphatic heterocycles. The molecule has 0 bridgehead atoms. The molecule has 3 nitrogen and oxygen atoms in total. The van der Waals surface area contributed by atoms with Crippen LogP contribution in [0, 0.1) is 17.7 Å². The molecule has 3 unspecified atom stereocenters. The predicted molar refractivity (Wildman–Crippen MR) is 73.1 cm³/mol. The summed E-state index contributed by atoms with van der Waals surface area (Å²) in [5, 5.41) is 3.25. The molecule has 0 spiro atoms. The van der Waals surface area contributed by atoms with E-state index in [0.29, 0.717) is 5.92 Å². The van der Waals surface area contributed by atoms with E-state index in [9.17, 15) is 9.18 Å². The van der Waals surface area contributed by atoms with Crippen LogP contribution in [-0.2, 0) is 4.79 Å². The summed E-state index contributed by atoms with van der Waals surface area (Å²) in [6, 6.07) is 6.30. The lowest BCUT2D eigenvalue weighted by molar-refractivity contribution is -0.136. The maximum Gasteiger partial charge on any atom is 0.227 e. The lowest BCUT2D eigenvalue weighted by atomic mass is 9.95. The van der Waals surface area contributed by atoms with E-state index in [4.69, 9.17) is 0 Å². The van der Waals surface area contributed by atoms with Gasteiger partial charge in [-0.25, -0.2) is 4.39 Å². The molecule has 2 rings (SSSR count). The van der Waals surface area contributed by atoms with E-state index >= 15 is 0 Å². The Balaban J connectivity index is 2.08. The summed E-state index contributed by atoms with van der Waals surface area (Å²) in [6.07, 6.45) is 0. The van der Waals surface area contributed by atoms with Gasteiger partial charge in [-0.3, -0.25) is 4.79 Å². The molecule has 0 saturated carbocycles. The number of hydrogen-bond acceptors (Lipinski definition) is 2. The van der Waals surface area contributed by atoms with Gasteiger partial charge in [0.25, 0.3) is 0 Å². The van der Waals surface area contributed by atoms with Gasteiger partial charge in [0.05, 0.1) is 12.0 Å². The highest BCUT2D eigenvalue weighted by Crippen LogP contribution is 2.24. The molecule has 1 aromatic rings. The van der Waals surface area contributed by atoms with Crippen LogP contribution >= 0.6 is 0 Å². The van der Waals surface area contributed by atoms with Crippen molar-refractivity contribution >= 4 is 5.91 Å². The van der Waals surface area contributed by atoms with E-state index in [2.05, 4.69) is 12.2 Å². The number of halogens is 1. The molecule has 1 aliphatic rings. The second kappa shape index (κ2) is 5.70. The van der Waals surface area contributed by atoms with Gasteiger partial charge in [-0.2, -0.15) is 0 Å². The van der Waals surface area contributed by atoms with Crippen LogP contribution in [0.3, 0.4) is 0 Å². The first-order valence-electron chi connectivity index (χ1n) is 6.73. The fourth-order valence-electron chi connectivity index (χ4n) is 2.56. The van der Waals surface area contributed by atoms with Crippen LogP contribution in [0.4, 0.5) is 4.39 Å². The van der Waals surface area contributed by atoms with Gasteiger partial charge in [0, 0.05) is 13.6 Å². The van der Waals surface area contributed by atoms with Crippen molar-refractivity contribution in [1.82, 2.24) is 10.2 Å². The standard InChI is InChI=1S/C15H21FN2O/c1-10-8-17-9-14(10)15(19)18(3)11(2)12-4-6-13(16)7-5-12/h4-7,10-11,14,17H,8-9H2,1-3H3. The largest absolute Gasteiger partial charge is 0.339 e. The van der Waals surface area contributed by atoms with Gasteiger partial charge in [0.2, 0.25) is 5.91 Å². The third kappa shape index (κ3) is 2.95. The minimum absolute atomic E-state index is 0.0408. The highest BCUT2D eigenvalue weighted by atomic mass is 19.1.